The molecule has 23 heavy (non-hydrogen) atoms. The molecule has 0 bridgehead atoms. The standard InChI is InChI=1S/C18H22N2O2S/c1-5-15-13(3)10-16(23-15)18(22)20(4)11-17(21)19-14-8-6-12(2)7-9-14/h6-10H,5,11H2,1-4H3,(H,19,21). The van der Waals surface area contributed by atoms with Crippen molar-refractivity contribution in [3.8, 4) is 0 Å². The summed E-state index contributed by atoms with van der Waals surface area (Å²) in [6.07, 6.45) is 0.918. The summed E-state index contributed by atoms with van der Waals surface area (Å²) in [6.45, 7) is 6.11. The molecule has 1 N–H and O–H groups in total. The maximum absolute atomic E-state index is 12.4. The lowest BCUT2D eigenvalue weighted by Gasteiger charge is -2.16. The van der Waals surface area contributed by atoms with Crippen molar-refractivity contribution in [3.63, 3.8) is 0 Å². The van der Waals surface area contributed by atoms with Gasteiger partial charge >= 0.3 is 0 Å². The van der Waals surface area contributed by atoms with Crippen LogP contribution in [0.15, 0.2) is 30.3 Å². The molecule has 4 nitrogen and oxygen atoms in total. The minimum atomic E-state index is -0.200. The monoisotopic (exact) mass is 330 g/mol. The van der Waals surface area contributed by atoms with Gasteiger partial charge in [0.15, 0.2) is 0 Å². The van der Waals surface area contributed by atoms with Gasteiger partial charge in [0.05, 0.1) is 11.4 Å². The number of carbonyl (C=O) groups is 2. The maximum atomic E-state index is 12.4. The zero-order chi connectivity index (χ0) is 17.0. The molecule has 0 saturated heterocycles. The van der Waals surface area contributed by atoms with Crippen molar-refractivity contribution in [3.05, 3.63) is 51.2 Å². The molecule has 0 fully saturated rings. The second-order valence-electron chi connectivity index (χ2n) is 5.65. The Bertz CT molecular complexity index is 704. The number of carbonyl (C=O) groups excluding carboxylic acids is 2. The number of nitrogens with zero attached hydrogens (tertiary/aromatic N) is 1. The van der Waals surface area contributed by atoms with E-state index in [4.69, 9.17) is 0 Å². The zero-order valence-corrected chi connectivity index (χ0v) is 14.8. The molecule has 0 atom stereocenters. The number of aryl methyl sites for hydroxylation is 3. The minimum absolute atomic E-state index is 0.0329. The third-order valence-corrected chi connectivity index (χ3v) is 4.98. The van der Waals surface area contributed by atoms with E-state index in [1.54, 1.807) is 7.05 Å². The maximum Gasteiger partial charge on any atom is 0.264 e. The van der Waals surface area contributed by atoms with Crippen molar-refractivity contribution in [2.75, 3.05) is 18.9 Å². The van der Waals surface area contributed by atoms with Gasteiger partial charge in [-0.15, -0.1) is 11.3 Å². The molecular weight excluding hydrogens is 308 g/mol. The number of anilines is 1. The number of hydrogen-bond donors (Lipinski definition) is 1. The summed E-state index contributed by atoms with van der Waals surface area (Å²) in [4.78, 5) is 27.8. The summed E-state index contributed by atoms with van der Waals surface area (Å²) >= 11 is 1.51. The first-order chi connectivity index (χ1) is 10.9. The highest BCUT2D eigenvalue weighted by Gasteiger charge is 2.18. The van der Waals surface area contributed by atoms with E-state index in [0.717, 1.165) is 23.2 Å². The van der Waals surface area contributed by atoms with E-state index >= 15 is 0 Å². The van der Waals surface area contributed by atoms with E-state index in [9.17, 15) is 9.59 Å². The summed E-state index contributed by atoms with van der Waals surface area (Å²) in [5.74, 6) is -0.314. The number of thiophene rings is 1. The highest BCUT2D eigenvalue weighted by Crippen LogP contribution is 2.23. The molecule has 0 spiro atoms. The Morgan fingerprint density at radius 2 is 1.83 bits per heavy atom. The van der Waals surface area contributed by atoms with Crippen LogP contribution in [0.3, 0.4) is 0 Å². The normalized spacial score (nSPS) is 10.4. The molecule has 0 aliphatic rings. The number of amides is 2. The number of nitrogens with one attached hydrogen (secondary N) is 1. The van der Waals surface area contributed by atoms with Gasteiger partial charge in [-0.1, -0.05) is 24.6 Å². The van der Waals surface area contributed by atoms with Gasteiger partial charge in [-0.25, -0.2) is 0 Å². The van der Waals surface area contributed by atoms with Crippen molar-refractivity contribution < 1.29 is 9.59 Å². The largest absolute Gasteiger partial charge is 0.332 e. The van der Waals surface area contributed by atoms with Crippen molar-refractivity contribution in [1.82, 2.24) is 4.90 Å². The minimum Gasteiger partial charge on any atom is -0.332 e. The van der Waals surface area contributed by atoms with Crippen LogP contribution in [-0.2, 0) is 11.2 Å². The molecule has 1 aromatic carbocycles. The molecule has 122 valence electrons. The Kier molecular flexibility index (Phi) is 5.55. The van der Waals surface area contributed by atoms with Crippen LogP contribution in [0, 0.1) is 13.8 Å². The number of hydrogen-bond acceptors (Lipinski definition) is 3. The van der Waals surface area contributed by atoms with Crippen molar-refractivity contribution >= 4 is 28.8 Å². The molecular formula is C18H22N2O2S. The van der Waals surface area contributed by atoms with E-state index in [2.05, 4.69) is 12.2 Å². The number of benzene rings is 1. The molecule has 1 aromatic heterocycles. The van der Waals surface area contributed by atoms with Crippen LogP contribution in [0.5, 0.6) is 0 Å². The van der Waals surface area contributed by atoms with Gasteiger partial charge in [-0.3, -0.25) is 9.59 Å². The fourth-order valence-electron chi connectivity index (χ4n) is 2.29. The molecule has 0 saturated carbocycles. The zero-order valence-electron chi connectivity index (χ0n) is 14.0. The number of likely N-dealkylation sites (N-methyl/N-ethyl adjacent to an activating group) is 1. The van der Waals surface area contributed by atoms with Crippen LogP contribution >= 0.6 is 11.3 Å². The van der Waals surface area contributed by atoms with Crippen LogP contribution in [0.25, 0.3) is 0 Å². The first kappa shape index (κ1) is 17.2. The average Bonchev–Trinajstić information content (AvgIpc) is 2.89. The molecule has 2 aromatic rings. The van der Waals surface area contributed by atoms with E-state index in [1.165, 1.54) is 21.1 Å². The highest BCUT2D eigenvalue weighted by molar-refractivity contribution is 7.14. The van der Waals surface area contributed by atoms with Crippen LogP contribution in [-0.4, -0.2) is 30.3 Å². The lowest BCUT2D eigenvalue weighted by Crippen LogP contribution is -2.34. The summed E-state index contributed by atoms with van der Waals surface area (Å²) in [7, 11) is 1.65. The second kappa shape index (κ2) is 7.42. The Balaban J connectivity index is 1.97. The fraction of sp³-hybridized carbons (Fsp3) is 0.333. The predicted molar refractivity (Wildman–Crippen MR) is 95.2 cm³/mol. The van der Waals surface area contributed by atoms with Crippen LogP contribution in [0.4, 0.5) is 5.69 Å². The Morgan fingerprint density at radius 1 is 1.17 bits per heavy atom. The third-order valence-electron chi connectivity index (χ3n) is 3.62. The van der Waals surface area contributed by atoms with Crippen molar-refractivity contribution in [2.24, 2.45) is 0 Å². The summed E-state index contributed by atoms with van der Waals surface area (Å²) in [5, 5.41) is 2.80. The van der Waals surface area contributed by atoms with Gasteiger partial charge in [0, 0.05) is 17.6 Å². The Hall–Kier alpha value is -2.14. The van der Waals surface area contributed by atoms with Gasteiger partial charge in [0.2, 0.25) is 5.91 Å². The quantitative estimate of drug-likeness (QED) is 0.910. The molecule has 2 rings (SSSR count). The molecule has 0 aliphatic carbocycles. The average molecular weight is 330 g/mol. The Labute approximate surface area is 141 Å². The van der Waals surface area contributed by atoms with E-state index in [-0.39, 0.29) is 18.4 Å². The molecule has 0 radical (unpaired) electrons. The fourth-order valence-corrected chi connectivity index (χ4v) is 3.40. The molecule has 0 aliphatic heterocycles. The van der Waals surface area contributed by atoms with Gasteiger partial charge in [0.1, 0.15) is 0 Å². The topological polar surface area (TPSA) is 49.4 Å². The SMILES string of the molecule is CCc1sc(C(=O)N(C)CC(=O)Nc2ccc(C)cc2)cc1C. The van der Waals surface area contributed by atoms with E-state index in [1.807, 2.05) is 44.2 Å². The first-order valence-electron chi connectivity index (χ1n) is 7.62. The van der Waals surface area contributed by atoms with Crippen molar-refractivity contribution in [2.45, 2.75) is 27.2 Å². The smallest absolute Gasteiger partial charge is 0.264 e. The third kappa shape index (κ3) is 4.42. The molecule has 2 amide bonds. The highest BCUT2D eigenvalue weighted by atomic mass is 32.1. The first-order valence-corrected chi connectivity index (χ1v) is 8.43. The van der Waals surface area contributed by atoms with Crippen molar-refractivity contribution in [1.29, 1.82) is 0 Å². The van der Waals surface area contributed by atoms with E-state index in [0.29, 0.717) is 4.88 Å². The number of rotatable bonds is 5. The van der Waals surface area contributed by atoms with Crippen LogP contribution in [0.1, 0.15) is 32.6 Å². The lowest BCUT2D eigenvalue weighted by molar-refractivity contribution is -0.116. The molecule has 0 unspecified atom stereocenters. The Morgan fingerprint density at radius 3 is 2.39 bits per heavy atom. The predicted octanol–water partition coefficient (Wildman–Crippen LogP) is 3.64. The van der Waals surface area contributed by atoms with Crippen LogP contribution in [0.2, 0.25) is 0 Å². The summed E-state index contributed by atoms with van der Waals surface area (Å²) < 4.78 is 0. The van der Waals surface area contributed by atoms with Gasteiger partial charge in [0.25, 0.3) is 5.91 Å². The van der Waals surface area contributed by atoms with Gasteiger partial charge in [-0.05, 0) is 44.0 Å². The summed E-state index contributed by atoms with van der Waals surface area (Å²) in [5.41, 5.74) is 3.01. The van der Waals surface area contributed by atoms with Gasteiger partial charge < -0.3 is 10.2 Å². The lowest BCUT2D eigenvalue weighted by atomic mass is 10.2. The second-order valence-corrected chi connectivity index (χ2v) is 6.78. The van der Waals surface area contributed by atoms with Gasteiger partial charge in [-0.2, -0.15) is 0 Å². The summed E-state index contributed by atoms with van der Waals surface area (Å²) in [6, 6.07) is 9.48. The van der Waals surface area contributed by atoms with Crippen LogP contribution < -0.4 is 5.32 Å². The van der Waals surface area contributed by atoms with E-state index < -0.39 is 0 Å². The molecule has 5 heteroatoms. The molecule has 1 heterocycles.